The molecule has 0 spiro atoms. The number of amides is 1. The first-order chi connectivity index (χ1) is 12.8. The molecule has 0 aliphatic carbocycles. The Morgan fingerprint density at radius 3 is 2.65 bits per heavy atom. The van der Waals surface area contributed by atoms with E-state index in [0.29, 0.717) is 31.2 Å². The zero-order chi connectivity index (χ0) is 18.2. The van der Waals surface area contributed by atoms with Gasteiger partial charge in [0.1, 0.15) is 5.75 Å². The minimum Gasteiger partial charge on any atom is -0.493 e. The lowest BCUT2D eigenvalue weighted by atomic mass is 10.3. The molecule has 1 aromatic heterocycles. The van der Waals surface area contributed by atoms with Crippen molar-refractivity contribution in [3.05, 3.63) is 59.4 Å². The third-order valence-corrected chi connectivity index (χ3v) is 4.86. The van der Waals surface area contributed by atoms with Crippen LogP contribution in [-0.4, -0.2) is 30.3 Å². The Morgan fingerprint density at radius 2 is 1.85 bits per heavy atom. The van der Waals surface area contributed by atoms with Gasteiger partial charge in [-0.25, -0.2) is 0 Å². The molecule has 1 heterocycles. The number of hydrogen-bond donors (Lipinski definition) is 0. The standard InChI is InChI=1S/C20H22N2O3S/c1-2-24-15-13-22-17-10-6-7-11-18(17)26-20(22)21-19(23)12-14-25-16-8-4-3-5-9-16/h3-11H,2,12-15H2,1H3. The van der Waals surface area contributed by atoms with E-state index in [0.717, 1.165) is 16.0 Å². The van der Waals surface area contributed by atoms with E-state index in [4.69, 9.17) is 9.47 Å². The molecule has 1 amide bonds. The number of nitrogens with zero attached hydrogens (tertiary/aromatic N) is 2. The summed E-state index contributed by atoms with van der Waals surface area (Å²) in [6.07, 6.45) is 0.245. The first-order valence-electron chi connectivity index (χ1n) is 8.69. The van der Waals surface area contributed by atoms with Gasteiger partial charge < -0.3 is 14.0 Å². The van der Waals surface area contributed by atoms with Crippen LogP contribution in [0.15, 0.2) is 59.6 Å². The molecule has 0 aliphatic rings. The molecule has 6 heteroatoms. The van der Waals surface area contributed by atoms with Gasteiger partial charge in [0.2, 0.25) is 0 Å². The molecule has 136 valence electrons. The first-order valence-corrected chi connectivity index (χ1v) is 9.51. The van der Waals surface area contributed by atoms with Crippen LogP contribution < -0.4 is 9.54 Å². The van der Waals surface area contributed by atoms with Crippen molar-refractivity contribution < 1.29 is 14.3 Å². The number of benzene rings is 2. The molecule has 0 unspecified atom stereocenters. The third-order valence-electron chi connectivity index (χ3n) is 3.80. The monoisotopic (exact) mass is 370 g/mol. The number of para-hydroxylation sites is 2. The number of aromatic nitrogens is 1. The van der Waals surface area contributed by atoms with Crippen LogP contribution in [-0.2, 0) is 16.1 Å². The van der Waals surface area contributed by atoms with Crippen LogP contribution in [0.4, 0.5) is 0 Å². The number of ether oxygens (including phenoxy) is 2. The highest BCUT2D eigenvalue weighted by atomic mass is 32.1. The van der Waals surface area contributed by atoms with Crippen molar-refractivity contribution in [2.75, 3.05) is 19.8 Å². The average Bonchev–Trinajstić information content (AvgIpc) is 3.00. The summed E-state index contributed by atoms with van der Waals surface area (Å²) in [7, 11) is 0. The molecular weight excluding hydrogens is 348 g/mol. The smallest absolute Gasteiger partial charge is 0.251 e. The molecule has 3 rings (SSSR count). The Morgan fingerprint density at radius 1 is 1.08 bits per heavy atom. The SMILES string of the molecule is CCOCCn1c(=NC(=O)CCOc2ccccc2)sc2ccccc21. The number of fused-ring (bicyclic) bond motifs is 1. The maximum Gasteiger partial charge on any atom is 0.251 e. The minimum atomic E-state index is -0.183. The molecule has 0 fully saturated rings. The van der Waals surface area contributed by atoms with Gasteiger partial charge in [-0.2, -0.15) is 4.99 Å². The summed E-state index contributed by atoms with van der Waals surface area (Å²) in [5.41, 5.74) is 1.07. The third kappa shape index (κ3) is 4.80. The Hall–Kier alpha value is -2.44. The van der Waals surface area contributed by atoms with Crippen LogP contribution in [0.3, 0.4) is 0 Å². The first kappa shape index (κ1) is 18.4. The van der Waals surface area contributed by atoms with Gasteiger partial charge in [0, 0.05) is 13.2 Å². The summed E-state index contributed by atoms with van der Waals surface area (Å²) in [5, 5.41) is 0. The highest BCUT2D eigenvalue weighted by Crippen LogP contribution is 2.16. The molecule has 0 N–H and O–H groups in total. The van der Waals surface area contributed by atoms with Crippen LogP contribution in [0.25, 0.3) is 10.2 Å². The maximum atomic E-state index is 12.3. The number of thiazole rings is 1. The maximum absolute atomic E-state index is 12.3. The van der Waals surface area contributed by atoms with Crippen molar-refractivity contribution in [2.45, 2.75) is 19.9 Å². The predicted octanol–water partition coefficient (Wildman–Crippen LogP) is 3.64. The van der Waals surface area contributed by atoms with E-state index in [-0.39, 0.29) is 12.3 Å². The molecular formula is C20H22N2O3S. The number of carbonyl (C=O) groups is 1. The van der Waals surface area contributed by atoms with E-state index in [9.17, 15) is 4.79 Å². The quantitative estimate of drug-likeness (QED) is 0.569. The van der Waals surface area contributed by atoms with Crippen LogP contribution in [0, 0.1) is 0 Å². The van der Waals surface area contributed by atoms with Gasteiger partial charge >= 0.3 is 0 Å². The number of hydrogen-bond acceptors (Lipinski definition) is 4. The van der Waals surface area contributed by atoms with E-state index in [1.165, 1.54) is 11.3 Å². The van der Waals surface area contributed by atoms with Gasteiger partial charge in [-0.1, -0.05) is 41.7 Å². The number of rotatable bonds is 8. The van der Waals surface area contributed by atoms with Gasteiger partial charge in [0.05, 0.1) is 29.9 Å². The van der Waals surface area contributed by atoms with Crippen LogP contribution in [0.2, 0.25) is 0 Å². The fourth-order valence-corrected chi connectivity index (χ4v) is 3.63. The highest BCUT2D eigenvalue weighted by molar-refractivity contribution is 7.16. The van der Waals surface area contributed by atoms with Gasteiger partial charge in [0.15, 0.2) is 4.80 Å². The molecule has 0 bridgehead atoms. The average molecular weight is 370 g/mol. The summed E-state index contributed by atoms with van der Waals surface area (Å²) < 4.78 is 14.2. The van der Waals surface area contributed by atoms with Crippen molar-refractivity contribution >= 4 is 27.5 Å². The van der Waals surface area contributed by atoms with Crippen LogP contribution >= 0.6 is 11.3 Å². The summed E-state index contributed by atoms with van der Waals surface area (Å²) in [6.45, 7) is 4.22. The summed E-state index contributed by atoms with van der Waals surface area (Å²) in [5.74, 6) is 0.576. The lowest BCUT2D eigenvalue weighted by Crippen LogP contribution is -2.20. The molecule has 0 radical (unpaired) electrons. The van der Waals surface area contributed by atoms with E-state index >= 15 is 0 Å². The van der Waals surface area contributed by atoms with Crippen molar-refractivity contribution in [3.63, 3.8) is 0 Å². The van der Waals surface area contributed by atoms with E-state index in [1.807, 2.05) is 66.1 Å². The van der Waals surface area contributed by atoms with E-state index in [1.54, 1.807) is 0 Å². The molecule has 0 saturated heterocycles. The largest absolute Gasteiger partial charge is 0.493 e. The Balaban J connectivity index is 1.72. The van der Waals surface area contributed by atoms with Crippen LogP contribution in [0.1, 0.15) is 13.3 Å². The van der Waals surface area contributed by atoms with Crippen molar-refractivity contribution in [1.29, 1.82) is 0 Å². The fraction of sp³-hybridized carbons (Fsp3) is 0.300. The molecule has 0 saturated carbocycles. The van der Waals surface area contributed by atoms with Crippen LogP contribution in [0.5, 0.6) is 5.75 Å². The number of carbonyl (C=O) groups excluding carboxylic acids is 1. The van der Waals surface area contributed by atoms with Gasteiger partial charge in [0.25, 0.3) is 5.91 Å². The molecule has 26 heavy (non-hydrogen) atoms. The van der Waals surface area contributed by atoms with Gasteiger partial charge in [-0.15, -0.1) is 0 Å². The Labute approximate surface area is 156 Å². The fourth-order valence-electron chi connectivity index (χ4n) is 2.56. The lowest BCUT2D eigenvalue weighted by Gasteiger charge is -2.05. The molecule has 0 atom stereocenters. The van der Waals surface area contributed by atoms with Crippen molar-refractivity contribution in [2.24, 2.45) is 4.99 Å². The minimum absolute atomic E-state index is 0.183. The predicted molar refractivity (Wildman–Crippen MR) is 103 cm³/mol. The Bertz CT molecular complexity index is 915. The van der Waals surface area contributed by atoms with E-state index in [2.05, 4.69) is 4.99 Å². The Kier molecular flexibility index (Phi) is 6.57. The second-order valence-electron chi connectivity index (χ2n) is 5.62. The zero-order valence-electron chi connectivity index (χ0n) is 14.8. The van der Waals surface area contributed by atoms with Crippen molar-refractivity contribution in [3.8, 4) is 5.75 Å². The normalized spacial score (nSPS) is 11.8. The van der Waals surface area contributed by atoms with E-state index < -0.39 is 0 Å². The molecule has 3 aromatic rings. The molecule has 2 aromatic carbocycles. The topological polar surface area (TPSA) is 52.8 Å². The molecule has 5 nitrogen and oxygen atoms in total. The summed E-state index contributed by atoms with van der Waals surface area (Å²) in [6, 6.07) is 17.5. The van der Waals surface area contributed by atoms with Crippen molar-refractivity contribution in [1.82, 2.24) is 4.57 Å². The highest BCUT2D eigenvalue weighted by Gasteiger charge is 2.08. The van der Waals surface area contributed by atoms with Gasteiger partial charge in [-0.3, -0.25) is 4.79 Å². The van der Waals surface area contributed by atoms with Gasteiger partial charge in [-0.05, 0) is 31.2 Å². The summed E-state index contributed by atoms with van der Waals surface area (Å²) in [4.78, 5) is 17.3. The second kappa shape index (κ2) is 9.31. The lowest BCUT2D eigenvalue weighted by molar-refractivity contribution is -0.118. The summed E-state index contributed by atoms with van der Waals surface area (Å²) >= 11 is 1.52. The molecule has 0 aliphatic heterocycles. The zero-order valence-corrected chi connectivity index (χ0v) is 15.6. The second-order valence-corrected chi connectivity index (χ2v) is 6.63.